The first-order valence-corrected chi connectivity index (χ1v) is 9.23. The molecule has 7 heteroatoms. The number of imidazole rings is 1. The Bertz CT molecular complexity index is 1120. The van der Waals surface area contributed by atoms with Gasteiger partial charge in [-0.05, 0) is 42.3 Å². The van der Waals surface area contributed by atoms with E-state index in [1.54, 1.807) is 29.3 Å². The Morgan fingerprint density at radius 1 is 1.10 bits per heavy atom. The van der Waals surface area contributed by atoms with Crippen molar-refractivity contribution >= 4 is 5.91 Å². The number of aromatic nitrogens is 4. The minimum absolute atomic E-state index is 0.201. The third-order valence-corrected chi connectivity index (χ3v) is 4.80. The van der Waals surface area contributed by atoms with E-state index in [4.69, 9.17) is 0 Å². The first-order valence-electron chi connectivity index (χ1n) is 9.23. The number of nitrogens with zero attached hydrogens (tertiary/aromatic N) is 4. The summed E-state index contributed by atoms with van der Waals surface area (Å²) in [7, 11) is 0. The van der Waals surface area contributed by atoms with E-state index in [9.17, 15) is 9.18 Å². The summed E-state index contributed by atoms with van der Waals surface area (Å²) < 4.78 is 16.8. The Morgan fingerprint density at radius 2 is 1.86 bits per heavy atom. The highest BCUT2D eigenvalue weighted by molar-refractivity contribution is 5.95. The number of hydrogen-bond donors (Lipinski definition) is 1. The average molecular weight is 389 g/mol. The monoisotopic (exact) mass is 389 g/mol. The lowest BCUT2D eigenvalue weighted by molar-refractivity contribution is 0.0950. The van der Waals surface area contributed by atoms with Gasteiger partial charge >= 0.3 is 0 Å². The van der Waals surface area contributed by atoms with Crippen molar-refractivity contribution in [3.63, 3.8) is 0 Å². The number of benzene rings is 2. The lowest BCUT2D eigenvalue weighted by Crippen LogP contribution is -2.24. The maximum absolute atomic E-state index is 13.2. The lowest BCUT2D eigenvalue weighted by atomic mass is 10.1. The zero-order valence-corrected chi connectivity index (χ0v) is 15.9. The zero-order chi connectivity index (χ0) is 20.2. The average Bonchev–Trinajstić information content (AvgIpc) is 3.37. The van der Waals surface area contributed by atoms with Gasteiger partial charge in [0.25, 0.3) is 5.91 Å². The standard InChI is InChI=1S/C22H20FN5O/c1-16-21(13-26-28(16)20-8-6-19(23)7-9-20)22(29)25-12-17-4-2-3-5-18(17)14-27-11-10-24-15-27/h2-11,13,15H,12,14H2,1H3,(H,25,29). The molecule has 2 aromatic carbocycles. The second kappa shape index (κ2) is 8.10. The van der Waals surface area contributed by atoms with Crippen LogP contribution in [0.1, 0.15) is 27.2 Å². The molecule has 0 unspecified atom stereocenters. The van der Waals surface area contributed by atoms with E-state index in [2.05, 4.69) is 15.4 Å². The van der Waals surface area contributed by atoms with E-state index in [0.29, 0.717) is 30.0 Å². The molecule has 29 heavy (non-hydrogen) atoms. The maximum atomic E-state index is 13.2. The fourth-order valence-corrected chi connectivity index (χ4v) is 3.21. The maximum Gasteiger partial charge on any atom is 0.255 e. The molecule has 2 aromatic heterocycles. The molecule has 0 spiro atoms. The van der Waals surface area contributed by atoms with E-state index in [1.807, 2.05) is 42.0 Å². The van der Waals surface area contributed by atoms with Crippen molar-refractivity contribution in [3.8, 4) is 5.69 Å². The fourth-order valence-electron chi connectivity index (χ4n) is 3.21. The van der Waals surface area contributed by atoms with Gasteiger partial charge in [-0.1, -0.05) is 24.3 Å². The molecule has 2 heterocycles. The zero-order valence-electron chi connectivity index (χ0n) is 15.9. The number of nitrogens with one attached hydrogen (secondary N) is 1. The van der Waals surface area contributed by atoms with Gasteiger partial charge in [-0.15, -0.1) is 0 Å². The van der Waals surface area contributed by atoms with Crippen molar-refractivity contribution in [3.05, 3.63) is 102 Å². The molecule has 4 aromatic rings. The van der Waals surface area contributed by atoms with Crippen LogP contribution in [0.4, 0.5) is 4.39 Å². The summed E-state index contributed by atoms with van der Waals surface area (Å²) in [6.45, 7) is 2.91. The normalized spacial score (nSPS) is 10.8. The summed E-state index contributed by atoms with van der Waals surface area (Å²) in [4.78, 5) is 16.8. The predicted molar refractivity (Wildman–Crippen MR) is 107 cm³/mol. The molecule has 4 rings (SSSR count). The molecule has 1 N–H and O–H groups in total. The Labute approximate surface area is 167 Å². The summed E-state index contributed by atoms with van der Waals surface area (Å²) in [6.07, 6.45) is 6.95. The Morgan fingerprint density at radius 3 is 2.59 bits per heavy atom. The van der Waals surface area contributed by atoms with Gasteiger partial charge in [0.15, 0.2) is 0 Å². The molecule has 6 nitrogen and oxygen atoms in total. The van der Waals surface area contributed by atoms with E-state index in [-0.39, 0.29) is 11.7 Å². The molecule has 0 saturated carbocycles. The molecule has 0 aliphatic heterocycles. The Hall–Kier alpha value is -3.74. The number of carbonyl (C=O) groups is 1. The minimum atomic E-state index is -0.314. The molecule has 146 valence electrons. The van der Waals surface area contributed by atoms with Crippen LogP contribution in [-0.2, 0) is 13.1 Å². The SMILES string of the molecule is Cc1c(C(=O)NCc2ccccc2Cn2ccnc2)cnn1-c1ccc(F)cc1. The summed E-state index contributed by atoms with van der Waals surface area (Å²) in [5, 5.41) is 7.26. The van der Waals surface area contributed by atoms with Gasteiger partial charge in [-0.3, -0.25) is 4.79 Å². The van der Waals surface area contributed by atoms with Gasteiger partial charge in [0.2, 0.25) is 0 Å². The van der Waals surface area contributed by atoms with Crippen molar-refractivity contribution in [2.24, 2.45) is 0 Å². The summed E-state index contributed by atoms with van der Waals surface area (Å²) in [6, 6.07) is 14.0. The topological polar surface area (TPSA) is 64.7 Å². The van der Waals surface area contributed by atoms with Crippen LogP contribution in [0.5, 0.6) is 0 Å². The Balaban J connectivity index is 1.48. The second-order valence-corrected chi connectivity index (χ2v) is 6.72. The van der Waals surface area contributed by atoms with Crippen molar-refractivity contribution in [1.82, 2.24) is 24.6 Å². The third-order valence-electron chi connectivity index (χ3n) is 4.80. The van der Waals surface area contributed by atoms with Crippen molar-refractivity contribution in [2.45, 2.75) is 20.0 Å². The molecular weight excluding hydrogens is 369 g/mol. The van der Waals surface area contributed by atoms with Crippen LogP contribution in [-0.4, -0.2) is 25.2 Å². The highest BCUT2D eigenvalue weighted by Gasteiger charge is 2.15. The van der Waals surface area contributed by atoms with Crippen molar-refractivity contribution < 1.29 is 9.18 Å². The molecule has 0 aliphatic carbocycles. The second-order valence-electron chi connectivity index (χ2n) is 6.72. The predicted octanol–water partition coefficient (Wildman–Crippen LogP) is 3.49. The molecule has 0 saturated heterocycles. The van der Waals surface area contributed by atoms with Gasteiger partial charge < -0.3 is 9.88 Å². The summed E-state index contributed by atoms with van der Waals surface area (Å²) >= 11 is 0. The highest BCUT2D eigenvalue weighted by atomic mass is 19.1. The van der Waals surface area contributed by atoms with E-state index in [0.717, 1.165) is 11.1 Å². The van der Waals surface area contributed by atoms with Crippen LogP contribution in [0.25, 0.3) is 5.69 Å². The first-order chi connectivity index (χ1) is 14.1. The number of halogens is 1. The number of carbonyl (C=O) groups excluding carboxylic acids is 1. The minimum Gasteiger partial charge on any atom is -0.348 e. The molecule has 0 radical (unpaired) electrons. The number of rotatable bonds is 6. The van der Waals surface area contributed by atoms with Gasteiger partial charge in [0.05, 0.1) is 29.5 Å². The molecule has 0 fully saturated rings. The Kier molecular flexibility index (Phi) is 5.20. The van der Waals surface area contributed by atoms with Crippen molar-refractivity contribution in [1.29, 1.82) is 0 Å². The molecule has 1 amide bonds. The van der Waals surface area contributed by atoms with Gasteiger partial charge in [0.1, 0.15) is 5.82 Å². The summed E-state index contributed by atoms with van der Waals surface area (Å²) in [5.74, 6) is -0.515. The molecule has 0 bridgehead atoms. The number of hydrogen-bond acceptors (Lipinski definition) is 3. The van der Waals surface area contributed by atoms with Crippen LogP contribution in [0.3, 0.4) is 0 Å². The van der Waals surface area contributed by atoms with Crippen LogP contribution in [0.15, 0.2) is 73.4 Å². The molecule has 0 atom stereocenters. The molecular formula is C22H20FN5O. The lowest BCUT2D eigenvalue weighted by Gasteiger charge is -2.11. The first kappa shape index (κ1) is 18.6. The number of amides is 1. The van der Waals surface area contributed by atoms with E-state index >= 15 is 0 Å². The van der Waals surface area contributed by atoms with Gasteiger partial charge in [0, 0.05) is 25.5 Å². The van der Waals surface area contributed by atoms with Crippen molar-refractivity contribution in [2.75, 3.05) is 0 Å². The summed E-state index contributed by atoms with van der Waals surface area (Å²) in [5.41, 5.74) is 4.04. The third kappa shape index (κ3) is 4.08. The van der Waals surface area contributed by atoms with Crippen LogP contribution in [0, 0.1) is 12.7 Å². The van der Waals surface area contributed by atoms with Gasteiger partial charge in [-0.25, -0.2) is 14.1 Å². The van der Waals surface area contributed by atoms with Gasteiger partial charge in [-0.2, -0.15) is 5.10 Å². The van der Waals surface area contributed by atoms with Crippen LogP contribution >= 0.6 is 0 Å². The van der Waals surface area contributed by atoms with E-state index < -0.39 is 0 Å². The van der Waals surface area contributed by atoms with Crippen LogP contribution < -0.4 is 5.32 Å². The smallest absolute Gasteiger partial charge is 0.255 e. The molecule has 0 aliphatic rings. The highest BCUT2D eigenvalue weighted by Crippen LogP contribution is 2.16. The quantitative estimate of drug-likeness (QED) is 0.549. The fraction of sp³-hybridized carbons (Fsp3) is 0.136. The van der Waals surface area contributed by atoms with Crippen LogP contribution in [0.2, 0.25) is 0 Å². The largest absolute Gasteiger partial charge is 0.348 e. The van der Waals surface area contributed by atoms with E-state index in [1.165, 1.54) is 18.3 Å².